The SMILES string of the molecule is c1cc2n(n1)CCNC2. The molecule has 1 aliphatic rings. The Bertz CT molecular complexity index is 183. The number of rotatable bonds is 0. The first kappa shape index (κ1) is 4.99. The molecule has 2 rings (SSSR count). The summed E-state index contributed by atoms with van der Waals surface area (Å²) in [5.74, 6) is 0. The molecule has 0 saturated heterocycles. The molecule has 3 nitrogen and oxygen atoms in total. The molecule has 0 amide bonds. The van der Waals surface area contributed by atoms with Crippen LogP contribution in [0.5, 0.6) is 0 Å². The molecule has 1 aromatic heterocycles. The molecule has 0 aliphatic carbocycles. The Morgan fingerprint density at radius 3 is 3.56 bits per heavy atom. The van der Waals surface area contributed by atoms with Crippen LogP contribution in [0, 0.1) is 0 Å². The van der Waals surface area contributed by atoms with Gasteiger partial charge in [0.05, 0.1) is 12.2 Å². The fraction of sp³-hybridized carbons (Fsp3) is 0.500. The molecule has 1 aromatic rings. The normalized spacial score (nSPS) is 17.3. The van der Waals surface area contributed by atoms with Gasteiger partial charge in [0.2, 0.25) is 0 Å². The van der Waals surface area contributed by atoms with Crippen molar-refractivity contribution >= 4 is 0 Å². The lowest BCUT2D eigenvalue weighted by Gasteiger charge is -2.13. The second-order valence-electron chi connectivity index (χ2n) is 2.22. The van der Waals surface area contributed by atoms with Gasteiger partial charge in [-0.05, 0) is 6.07 Å². The van der Waals surface area contributed by atoms with Crippen molar-refractivity contribution in [2.24, 2.45) is 0 Å². The first-order valence-corrected chi connectivity index (χ1v) is 3.18. The number of hydrogen-bond acceptors (Lipinski definition) is 2. The summed E-state index contributed by atoms with van der Waals surface area (Å²) in [5, 5.41) is 7.40. The van der Waals surface area contributed by atoms with E-state index in [-0.39, 0.29) is 0 Å². The summed E-state index contributed by atoms with van der Waals surface area (Å²) in [6.07, 6.45) is 1.85. The molecule has 1 N–H and O–H groups in total. The van der Waals surface area contributed by atoms with Crippen molar-refractivity contribution in [3.05, 3.63) is 18.0 Å². The van der Waals surface area contributed by atoms with Gasteiger partial charge in [-0.1, -0.05) is 0 Å². The van der Waals surface area contributed by atoms with Gasteiger partial charge in [0.25, 0.3) is 0 Å². The fourth-order valence-electron chi connectivity index (χ4n) is 1.11. The lowest BCUT2D eigenvalue weighted by molar-refractivity contribution is 0.475. The largest absolute Gasteiger partial charge is 0.309 e. The highest BCUT2D eigenvalue weighted by atomic mass is 15.3. The zero-order valence-electron chi connectivity index (χ0n) is 5.17. The standard InChI is InChI=1S/C6H9N3/c1-2-8-9-4-3-7-5-6(1)9/h1-2,7H,3-5H2. The van der Waals surface area contributed by atoms with Crippen LogP contribution < -0.4 is 5.32 Å². The van der Waals surface area contributed by atoms with Crippen LogP contribution in [-0.2, 0) is 13.1 Å². The summed E-state index contributed by atoms with van der Waals surface area (Å²) in [6.45, 7) is 3.04. The van der Waals surface area contributed by atoms with Crippen molar-refractivity contribution in [3.63, 3.8) is 0 Å². The van der Waals surface area contributed by atoms with Gasteiger partial charge in [-0.2, -0.15) is 5.10 Å². The van der Waals surface area contributed by atoms with Crippen LogP contribution >= 0.6 is 0 Å². The molecular formula is C6H9N3. The van der Waals surface area contributed by atoms with Crippen molar-refractivity contribution < 1.29 is 0 Å². The van der Waals surface area contributed by atoms with Crippen LogP contribution in [-0.4, -0.2) is 16.3 Å². The lowest BCUT2D eigenvalue weighted by Crippen LogP contribution is -2.28. The molecule has 1 aliphatic heterocycles. The van der Waals surface area contributed by atoms with Crippen LogP contribution in [0.2, 0.25) is 0 Å². The van der Waals surface area contributed by atoms with Crippen molar-refractivity contribution in [3.8, 4) is 0 Å². The third-order valence-corrected chi connectivity index (χ3v) is 1.61. The summed E-state index contributed by atoms with van der Waals surface area (Å²) in [5.41, 5.74) is 1.29. The van der Waals surface area contributed by atoms with Crippen LogP contribution in [0.3, 0.4) is 0 Å². The predicted octanol–water partition coefficient (Wildman–Crippen LogP) is -0.0137. The summed E-state index contributed by atoms with van der Waals surface area (Å²) >= 11 is 0. The molecule has 0 fully saturated rings. The first-order valence-electron chi connectivity index (χ1n) is 3.18. The molecule has 48 valence electrons. The third kappa shape index (κ3) is 0.733. The topological polar surface area (TPSA) is 29.9 Å². The van der Waals surface area contributed by atoms with E-state index in [0.29, 0.717) is 0 Å². The van der Waals surface area contributed by atoms with Gasteiger partial charge < -0.3 is 5.32 Å². The highest BCUT2D eigenvalue weighted by Gasteiger charge is 2.05. The average molecular weight is 123 g/mol. The molecule has 0 unspecified atom stereocenters. The van der Waals surface area contributed by atoms with E-state index in [9.17, 15) is 0 Å². The lowest BCUT2D eigenvalue weighted by atomic mass is 10.3. The van der Waals surface area contributed by atoms with E-state index in [4.69, 9.17) is 0 Å². The van der Waals surface area contributed by atoms with E-state index in [1.165, 1.54) is 5.69 Å². The second-order valence-corrected chi connectivity index (χ2v) is 2.22. The first-order chi connectivity index (χ1) is 4.47. The molecule has 0 spiro atoms. The molecular weight excluding hydrogens is 114 g/mol. The minimum absolute atomic E-state index is 0.972. The smallest absolute Gasteiger partial charge is 0.0537 e. The Morgan fingerprint density at radius 2 is 2.67 bits per heavy atom. The zero-order valence-corrected chi connectivity index (χ0v) is 5.17. The number of fused-ring (bicyclic) bond motifs is 1. The highest BCUT2D eigenvalue weighted by Crippen LogP contribution is 2.00. The van der Waals surface area contributed by atoms with Gasteiger partial charge in [0.1, 0.15) is 0 Å². The summed E-state index contributed by atoms with van der Waals surface area (Å²) in [7, 11) is 0. The van der Waals surface area contributed by atoms with Gasteiger partial charge in [-0.3, -0.25) is 4.68 Å². The van der Waals surface area contributed by atoms with Gasteiger partial charge >= 0.3 is 0 Å². The van der Waals surface area contributed by atoms with Crippen LogP contribution in [0.1, 0.15) is 5.69 Å². The van der Waals surface area contributed by atoms with Crippen molar-refractivity contribution in [2.75, 3.05) is 6.54 Å². The Kier molecular flexibility index (Phi) is 1.02. The monoisotopic (exact) mass is 123 g/mol. The maximum absolute atomic E-state index is 4.13. The number of hydrogen-bond donors (Lipinski definition) is 1. The van der Waals surface area contributed by atoms with Gasteiger partial charge in [0, 0.05) is 19.3 Å². The van der Waals surface area contributed by atoms with Gasteiger partial charge in [0.15, 0.2) is 0 Å². The Hall–Kier alpha value is -0.830. The summed E-state index contributed by atoms with van der Waals surface area (Å²) < 4.78 is 2.04. The molecule has 0 radical (unpaired) electrons. The van der Waals surface area contributed by atoms with E-state index >= 15 is 0 Å². The molecule has 0 atom stereocenters. The molecule has 9 heavy (non-hydrogen) atoms. The average Bonchev–Trinajstić information content (AvgIpc) is 2.33. The maximum Gasteiger partial charge on any atom is 0.0537 e. The van der Waals surface area contributed by atoms with Crippen molar-refractivity contribution in [2.45, 2.75) is 13.1 Å². The van der Waals surface area contributed by atoms with E-state index in [0.717, 1.165) is 19.6 Å². The second kappa shape index (κ2) is 1.84. The van der Waals surface area contributed by atoms with Crippen molar-refractivity contribution in [1.29, 1.82) is 0 Å². The minimum Gasteiger partial charge on any atom is -0.309 e. The molecule has 0 saturated carbocycles. The molecule has 3 heteroatoms. The Labute approximate surface area is 53.7 Å². The predicted molar refractivity (Wildman–Crippen MR) is 33.9 cm³/mol. The number of aromatic nitrogens is 2. The molecule has 0 aromatic carbocycles. The van der Waals surface area contributed by atoms with Crippen LogP contribution in [0.15, 0.2) is 12.3 Å². The van der Waals surface area contributed by atoms with E-state index in [1.54, 1.807) is 0 Å². The van der Waals surface area contributed by atoms with Crippen LogP contribution in [0.25, 0.3) is 0 Å². The van der Waals surface area contributed by atoms with E-state index in [1.807, 2.05) is 16.9 Å². The number of nitrogens with zero attached hydrogens (tertiary/aromatic N) is 2. The van der Waals surface area contributed by atoms with Crippen molar-refractivity contribution in [1.82, 2.24) is 15.1 Å². The maximum atomic E-state index is 4.13. The fourth-order valence-corrected chi connectivity index (χ4v) is 1.11. The van der Waals surface area contributed by atoms with Gasteiger partial charge in [-0.15, -0.1) is 0 Å². The van der Waals surface area contributed by atoms with E-state index < -0.39 is 0 Å². The molecule has 2 heterocycles. The minimum atomic E-state index is 0.972. The quantitative estimate of drug-likeness (QED) is 0.525. The highest BCUT2D eigenvalue weighted by molar-refractivity contribution is 5.01. The third-order valence-electron chi connectivity index (χ3n) is 1.61. The van der Waals surface area contributed by atoms with E-state index in [2.05, 4.69) is 10.4 Å². The van der Waals surface area contributed by atoms with Gasteiger partial charge in [-0.25, -0.2) is 0 Å². The van der Waals surface area contributed by atoms with Crippen LogP contribution in [0.4, 0.5) is 0 Å². The number of nitrogens with one attached hydrogen (secondary N) is 1. The Morgan fingerprint density at radius 1 is 1.67 bits per heavy atom. The molecule has 0 bridgehead atoms. The summed E-state index contributed by atoms with van der Waals surface area (Å²) in [6, 6.07) is 2.05. The summed E-state index contributed by atoms with van der Waals surface area (Å²) in [4.78, 5) is 0. The zero-order chi connectivity index (χ0) is 6.10. The Balaban J connectivity index is 2.39.